The zero-order chi connectivity index (χ0) is 17.8. The first-order chi connectivity index (χ1) is 12.1. The van der Waals surface area contributed by atoms with Crippen LogP contribution in [0.15, 0.2) is 52.9 Å². The quantitative estimate of drug-likeness (QED) is 0.676. The van der Waals surface area contributed by atoms with Crippen molar-refractivity contribution in [2.45, 2.75) is 20.5 Å². The van der Waals surface area contributed by atoms with E-state index in [-0.39, 0.29) is 17.5 Å². The molecule has 5 nitrogen and oxygen atoms in total. The number of benzene rings is 2. The number of carbonyl (C=O) groups excluding carboxylic acids is 2. The van der Waals surface area contributed by atoms with E-state index in [0.29, 0.717) is 30.0 Å². The van der Waals surface area contributed by atoms with Crippen molar-refractivity contribution in [3.05, 3.63) is 65.4 Å². The standard InChI is InChI=1S/C20H19NO4/c1-3-24-12-17-16-9-4-5-10-18(16)25-19(17)20(23)21-15-8-6-7-14(11-15)13(2)22/h4-11H,3,12H2,1-2H3,(H,21,23). The van der Waals surface area contributed by atoms with Crippen LogP contribution in [0.25, 0.3) is 11.0 Å². The van der Waals surface area contributed by atoms with Crippen LogP contribution in [0.1, 0.15) is 40.3 Å². The van der Waals surface area contributed by atoms with Crippen molar-refractivity contribution in [2.75, 3.05) is 11.9 Å². The highest BCUT2D eigenvalue weighted by Crippen LogP contribution is 2.27. The Morgan fingerprint density at radius 3 is 2.68 bits per heavy atom. The molecule has 1 heterocycles. The molecule has 25 heavy (non-hydrogen) atoms. The normalized spacial score (nSPS) is 10.8. The van der Waals surface area contributed by atoms with Crippen molar-refractivity contribution in [1.82, 2.24) is 0 Å². The molecule has 0 atom stereocenters. The largest absolute Gasteiger partial charge is 0.451 e. The maximum atomic E-state index is 12.7. The molecule has 0 bridgehead atoms. The number of para-hydroxylation sites is 1. The third kappa shape index (κ3) is 3.61. The Balaban J connectivity index is 1.93. The van der Waals surface area contributed by atoms with E-state index < -0.39 is 0 Å². The molecule has 0 unspecified atom stereocenters. The number of Topliss-reactive ketones (excluding diaryl/α,β-unsaturated/α-hetero) is 1. The fraction of sp³-hybridized carbons (Fsp3) is 0.200. The van der Waals surface area contributed by atoms with Crippen LogP contribution < -0.4 is 5.32 Å². The first-order valence-corrected chi connectivity index (χ1v) is 8.10. The highest BCUT2D eigenvalue weighted by Gasteiger charge is 2.20. The van der Waals surface area contributed by atoms with Crippen LogP contribution in [0, 0.1) is 0 Å². The Bertz CT molecular complexity index is 926. The smallest absolute Gasteiger partial charge is 0.291 e. The average molecular weight is 337 g/mol. The van der Waals surface area contributed by atoms with Gasteiger partial charge in [0.15, 0.2) is 11.5 Å². The van der Waals surface area contributed by atoms with Gasteiger partial charge in [-0.3, -0.25) is 9.59 Å². The predicted octanol–water partition coefficient (Wildman–Crippen LogP) is 4.42. The molecule has 5 heteroatoms. The van der Waals surface area contributed by atoms with Crippen LogP contribution in [0.4, 0.5) is 5.69 Å². The first kappa shape index (κ1) is 16.9. The number of rotatable bonds is 6. The summed E-state index contributed by atoms with van der Waals surface area (Å²) in [6, 6.07) is 14.3. The monoisotopic (exact) mass is 337 g/mol. The lowest BCUT2D eigenvalue weighted by atomic mass is 10.1. The average Bonchev–Trinajstić information content (AvgIpc) is 2.99. The van der Waals surface area contributed by atoms with Crippen LogP contribution in [-0.2, 0) is 11.3 Å². The fourth-order valence-corrected chi connectivity index (χ4v) is 2.63. The van der Waals surface area contributed by atoms with Gasteiger partial charge in [-0.1, -0.05) is 30.3 Å². The highest BCUT2D eigenvalue weighted by molar-refractivity contribution is 6.07. The highest BCUT2D eigenvalue weighted by atomic mass is 16.5. The van der Waals surface area contributed by atoms with Crippen molar-refractivity contribution in [2.24, 2.45) is 0 Å². The lowest BCUT2D eigenvalue weighted by Crippen LogP contribution is -2.13. The molecule has 1 amide bonds. The van der Waals surface area contributed by atoms with Crippen LogP contribution >= 0.6 is 0 Å². The number of furan rings is 1. The summed E-state index contributed by atoms with van der Waals surface area (Å²) in [6.45, 7) is 4.22. The molecule has 0 aliphatic carbocycles. The lowest BCUT2D eigenvalue weighted by Gasteiger charge is -2.07. The van der Waals surface area contributed by atoms with Gasteiger partial charge in [-0.2, -0.15) is 0 Å². The number of ether oxygens (including phenoxy) is 1. The molecule has 1 aromatic heterocycles. The number of amides is 1. The second-order valence-corrected chi connectivity index (χ2v) is 5.63. The Morgan fingerprint density at radius 1 is 1.12 bits per heavy atom. The Labute approximate surface area is 145 Å². The van der Waals surface area contributed by atoms with Gasteiger partial charge < -0.3 is 14.5 Å². The zero-order valence-electron chi connectivity index (χ0n) is 14.2. The van der Waals surface area contributed by atoms with Crippen molar-refractivity contribution in [1.29, 1.82) is 0 Å². The van der Waals surface area contributed by atoms with E-state index >= 15 is 0 Å². The van der Waals surface area contributed by atoms with Gasteiger partial charge in [0.2, 0.25) is 0 Å². The van der Waals surface area contributed by atoms with Crippen molar-refractivity contribution < 1.29 is 18.7 Å². The van der Waals surface area contributed by atoms with Gasteiger partial charge in [-0.25, -0.2) is 0 Å². The number of ketones is 1. The zero-order valence-corrected chi connectivity index (χ0v) is 14.2. The van der Waals surface area contributed by atoms with Crippen molar-refractivity contribution in [3.63, 3.8) is 0 Å². The second kappa shape index (κ2) is 7.32. The van der Waals surface area contributed by atoms with Gasteiger partial charge in [-0.05, 0) is 32.0 Å². The molecule has 0 radical (unpaired) electrons. The first-order valence-electron chi connectivity index (χ1n) is 8.10. The van der Waals surface area contributed by atoms with Gasteiger partial charge in [0.25, 0.3) is 5.91 Å². The summed E-state index contributed by atoms with van der Waals surface area (Å²) >= 11 is 0. The lowest BCUT2D eigenvalue weighted by molar-refractivity contribution is 0.0981. The van der Waals surface area contributed by atoms with Crippen LogP contribution in [0.5, 0.6) is 0 Å². The maximum absolute atomic E-state index is 12.7. The summed E-state index contributed by atoms with van der Waals surface area (Å²) in [5.74, 6) is -0.202. The summed E-state index contributed by atoms with van der Waals surface area (Å²) in [7, 11) is 0. The van der Waals surface area contributed by atoms with E-state index in [9.17, 15) is 9.59 Å². The number of nitrogens with one attached hydrogen (secondary N) is 1. The van der Waals surface area contributed by atoms with Crippen molar-refractivity contribution >= 4 is 28.3 Å². The molecule has 0 aliphatic rings. The second-order valence-electron chi connectivity index (χ2n) is 5.63. The molecule has 0 fully saturated rings. The molecule has 0 saturated heterocycles. The minimum absolute atomic E-state index is 0.0585. The molecule has 128 valence electrons. The fourth-order valence-electron chi connectivity index (χ4n) is 2.63. The van der Waals surface area contributed by atoms with E-state index in [0.717, 1.165) is 10.9 Å². The van der Waals surface area contributed by atoms with E-state index in [2.05, 4.69) is 5.32 Å². The number of fused-ring (bicyclic) bond motifs is 1. The number of hydrogen-bond acceptors (Lipinski definition) is 4. The number of anilines is 1. The molecule has 3 rings (SSSR count). The number of hydrogen-bond donors (Lipinski definition) is 1. The molecular weight excluding hydrogens is 318 g/mol. The van der Waals surface area contributed by atoms with Gasteiger partial charge in [-0.15, -0.1) is 0 Å². The predicted molar refractivity (Wildman–Crippen MR) is 95.9 cm³/mol. The van der Waals surface area contributed by atoms with E-state index in [1.165, 1.54) is 6.92 Å². The van der Waals surface area contributed by atoms with Crippen molar-refractivity contribution in [3.8, 4) is 0 Å². The molecule has 0 saturated carbocycles. The molecule has 0 aliphatic heterocycles. The van der Waals surface area contributed by atoms with Crippen LogP contribution in [-0.4, -0.2) is 18.3 Å². The van der Waals surface area contributed by atoms with E-state index in [4.69, 9.17) is 9.15 Å². The van der Waals surface area contributed by atoms with Gasteiger partial charge >= 0.3 is 0 Å². The van der Waals surface area contributed by atoms with E-state index in [1.54, 1.807) is 24.3 Å². The van der Waals surface area contributed by atoms with Crippen LogP contribution in [0.2, 0.25) is 0 Å². The molecule has 0 spiro atoms. The Morgan fingerprint density at radius 2 is 1.92 bits per heavy atom. The number of carbonyl (C=O) groups is 2. The maximum Gasteiger partial charge on any atom is 0.291 e. The molecule has 3 aromatic rings. The molecular formula is C20H19NO4. The summed E-state index contributed by atoms with van der Waals surface area (Å²) in [4.78, 5) is 24.2. The SMILES string of the molecule is CCOCc1c(C(=O)Nc2cccc(C(C)=O)c2)oc2ccccc12. The molecule has 2 aromatic carbocycles. The third-order valence-electron chi connectivity index (χ3n) is 3.88. The topological polar surface area (TPSA) is 68.5 Å². The third-order valence-corrected chi connectivity index (χ3v) is 3.88. The summed E-state index contributed by atoms with van der Waals surface area (Å²) in [6.07, 6.45) is 0. The minimum Gasteiger partial charge on any atom is -0.451 e. The summed E-state index contributed by atoms with van der Waals surface area (Å²) in [5.41, 5.74) is 2.44. The Kier molecular flexibility index (Phi) is 4.95. The van der Waals surface area contributed by atoms with Gasteiger partial charge in [0, 0.05) is 28.8 Å². The van der Waals surface area contributed by atoms with Crippen LogP contribution in [0.3, 0.4) is 0 Å². The molecule has 1 N–H and O–H groups in total. The minimum atomic E-state index is -0.369. The van der Waals surface area contributed by atoms with Gasteiger partial charge in [0.1, 0.15) is 5.58 Å². The summed E-state index contributed by atoms with van der Waals surface area (Å²) in [5, 5.41) is 3.65. The van der Waals surface area contributed by atoms with E-state index in [1.807, 2.05) is 31.2 Å². The van der Waals surface area contributed by atoms with Gasteiger partial charge in [0.05, 0.1) is 6.61 Å². The summed E-state index contributed by atoms with van der Waals surface area (Å²) < 4.78 is 11.2. The Hall–Kier alpha value is -2.92.